The summed E-state index contributed by atoms with van der Waals surface area (Å²) in [6.07, 6.45) is 1.33. The number of aryl methyl sites for hydroxylation is 2. The quantitative estimate of drug-likeness (QED) is 0.597. The number of hydrogen-bond donors (Lipinski definition) is 1. The molecule has 5 nitrogen and oxygen atoms in total. The second-order valence-electron chi connectivity index (χ2n) is 2.67. The number of aromatic nitrogens is 4. The molecule has 0 aliphatic rings. The molecule has 2 heterocycles. The smallest absolute Gasteiger partial charge is 0.277 e. The summed E-state index contributed by atoms with van der Waals surface area (Å²) >= 11 is 0. The number of H-pyrrole nitrogens is 1. The minimum Gasteiger partial charge on any atom is -0.310 e. The van der Waals surface area contributed by atoms with E-state index in [4.69, 9.17) is 0 Å². The molecule has 0 unspecified atom stereocenters. The van der Waals surface area contributed by atoms with E-state index in [2.05, 4.69) is 15.2 Å². The highest BCUT2D eigenvalue weighted by atomic mass is 16.1. The first-order valence-electron chi connectivity index (χ1n) is 3.60. The summed E-state index contributed by atoms with van der Waals surface area (Å²) in [5.41, 5.74) is 2.08. The van der Waals surface area contributed by atoms with Gasteiger partial charge in [-0.1, -0.05) is 0 Å². The Labute approximate surface area is 68.0 Å². The zero-order valence-corrected chi connectivity index (χ0v) is 6.83. The Bertz CT molecular complexity index is 482. The van der Waals surface area contributed by atoms with Gasteiger partial charge in [0, 0.05) is 5.56 Å². The van der Waals surface area contributed by atoms with Crippen LogP contribution in [-0.4, -0.2) is 19.8 Å². The third kappa shape index (κ3) is 0.761. The van der Waals surface area contributed by atoms with Gasteiger partial charge in [-0.25, -0.2) is 0 Å². The third-order valence-electron chi connectivity index (χ3n) is 1.92. The van der Waals surface area contributed by atoms with E-state index in [1.807, 2.05) is 13.8 Å². The average Bonchev–Trinajstić information content (AvgIpc) is 2.29. The van der Waals surface area contributed by atoms with Crippen molar-refractivity contribution in [3.05, 3.63) is 27.9 Å². The predicted octanol–water partition coefficient (Wildman–Crippen LogP) is 0.0344. The lowest BCUT2D eigenvalue weighted by Crippen LogP contribution is -2.11. The van der Waals surface area contributed by atoms with Crippen LogP contribution in [0.4, 0.5) is 0 Å². The van der Waals surface area contributed by atoms with Crippen LogP contribution < -0.4 is 5.56 Å². The van der Waals surface area contributed by atoms with Gasteiger partial charge in [0.1, 0.15) is 6.33 Å². The maximum absolute atomic E-state index is 11.3. The van der Waals surface area contributed by atoms with Crippen molar-refractivity contribution in [2.75, 3.05) is 0 Å². The van der Waals surface area contributed by atoms with Crippen molar-refractivity contribution in [2.24, 2.45) is 0 Å². The molecule has 0 atom stereocenters. The Hall–Kier alpha value is -1.65. The fraction of sp³-hybridized carbons (Fsp3) is 0.286. The van der Waals surface area contributed by atoms with Crippen LogP contribution in [0.2, 0.25) is 0 Å². The van der Waals surface area contributed by atoms with E-state index in [0.29, 0.717) is 5.52 Å². The Balaban J connectivity index is 3.07. The Morgan fingerprint density at radius 1 is 1.50 bits per heavy atom. The van der Waals surface area contributed by atoms with Gasteiger partial charge >= 0.3 is 0 Å². The van der Waals surface area contributed by atoms with E-state index < -0.39 is 0 Å². The van der Waals surface area contributed by atoms with Crippen molar-refractivity contribution < 1.29 is 0 Å². The number of fused-ring (bicyclic) bond motifs is 1. The predicted molar refractivity (Wildman–Crippen MR) is 43.1 cm³/mol. The molecule has 0 aliphatic heterocycles. The molecule has 2 aromatic rings. The number of nitrogens with one attached hydrogen (secondary N) is 1. The lowest BCUT2D eigenvalue weighted by Gasteiger charge is -1.88. The van der Waals surface area contributed by atoms with E-state index in [0.717, 1.165) is 11.3 Å². The van der Waals surface area contributed by atoms with Crippen molar-refractivity contribution in [2.45, 2.75) is 13.8 Å². The average molecular weight is 164 g/mol. The van der Waals surface area contributed by atoms with Gasteiger partial charge in [-0.05, 0) is 13.8 Å². The van der Waals surface area contributed by atoms with Gasteiger partial charge in [-0.3, -0.25) is 4.79 Å². The van der Waals surface area contributed by atoms with E-state index >= 15 is 0 Å². The molecule has 5 heteroatoms. The monoisotopic (exact) mass is 164 g/mol. The molecule has 0 aliphatic carbocycles. The second kappa shape index (κ2) is 2.17. The number of rotatable bonds is 0. The summed E-state index contributed by atoms with van der Waals surface area (Å²) in [5.74, 6) is 0. The third-order valence-corrected chi connectivity index (χ3v) is 1.92. The van der Waals surface area contributed by atoms with Crippen molar-refractivity contribution >= 4 is 5.52 Å². The molecule has 0 bridgehead atoms. The molecule has 1 N–H and O–H groups in total. The molecule has 0 spiro atoms. The summed E-state index contributed by atoms with van der Waals surface area (Å²) in [4.78, 5) is 13.8. The summed E-state index contributed by atoms with van der Waals surface area (Å²) in [6, 6.07) is 0. The van der Waals surface area contributed by atoms with Crippen molar-refractivity contribution in [3.8, 4) is 0 Å². The van der Waals surface area contributed by atoms with Crippen molar-refractivity contribution in [1.29, 1.82) is 0 Å². The van der Waals surface area contributed by atoms with Crippen LogP contribution in [0.25, 0.3) is 5.52 Å². The van der Waals surface area contributed by atoms with Gasteiger partial charge in [0.25, 0.3) is 5.56 Å². The standard InChI is InChI=1S/C7H8N4O/c1-4-5(2)10-11-6(4)7(12)8-3-9-11/h3H,1-2H3,(H,8,9,12). The first kappa shape index (κ1) is 7.02. The topological polar surface area (TPSA) is 63.1 Å². The number of aromatic amines is 1. The van der Waals surface area contributed by atoms with E-state index in [9.17, 15) is 4.79 Å². The van der Waals surface area contributed by atoms with Crippen LogP contribution in [-0.2, 0) is 0 Å². The summed E-state index contributed by atoms with van der Waals surface area (Å²) in [7, 11) is 0. The van der Waals surface area contributed by atoms with Crippen LogP contribution in [0.5, 0.6) is 0 Å². The van der Waals surface area contributed by atoms with Crippen LogP contribution in [0.15, 0.2) is 11.1 Å². The van der Waals surface area contributed by atoms with Gasteiger partial charge in [-0.15, -0.1) is 9.73 Å². The molecule has 2 aromatic heterocycles. The number of nitrogens with zero attached hydrogens (tertiary/aromatic N) is 3. The van der Waals surface area contributed by atoms with Crippen LogP contribution >= 0.6 is 0 Å². The fourth-order valence-corrected chi connectivity index (χ4v) is 1.14. The molecule has 0 saturated carbocycles. The minimum absolute atomic E-state index is 0.150. The highest BCUT2D eigenvalue weighted by molar-refractivity contribution is 5.52. The zero-order valence-electron chi connectivity index (χ0n) is 6.83. The lowest BCUT2D eigenvalue weighted by molar-refractivity contribution is 0.763. The van der Waals surface area contributed by atoms with E-state index in [1.54, 1.807) is 0 Å². The zero-order chi connectivity index (χ0) is 8.72. The Kier molecular flexibility index (Phi) is 1.27. The summed E-state index contributed by atoms with van der Waals surface area (Å²) < 4.78 is 1.35. The normalized spacial score (nSPS) is 10.8. The van der Waals surface area contributed by atoms with Gasteiger partial charge in [0.05, 0.1) is 5.69 Å². The summed E-state index contributed by atoms with van der Waals surface area (Å²) in [6.45, 7) is 3.71. The maximum Gasteiger partial charge on any atom is 0.277 e. The lowest BCUT2D eigenvalue weighted by atomic mass is 10.2. The molecule has 2 rings (SSSR count). The molecule has 62 valence electrons. The number of hydrogen-bond acceptors (Lipinski definition) is 3. The highest BCUT2D eigenvalue weighted by Crippen LogP contribution is 2.06. The van der Waals surface area contributed by atoms with Gasteiger partial charge in [0.15, 0.2) is 5.52 Å². The first-order chi connectivity index (χ1) is 5.70. The van der Waals surface area contributed by atoms with E-state index in [-0.39, 0.29) is 5.56 Å². The van der Waals surface area contributed by atoms with Crippen molar-refractivity contribution in [3.63, 3.8) is 0 Å². The molecule has 0 radical (unpaired) electrons. The van der Waals surface area contributed by atoms with Gasteiger partial charge in [0.2, 0.25) is 0 Å². The van der Waals surface area contributed by atoms with Gasteiger partial charge < -0.3 is 4.98 Å². The summed E-state index contributed by atoms with van der Waals surface area (Å²) in [5, 5.41) is 7.93. The second-order valence-corrected chi connectivity index (χ2v) is 2.67. The Morgan fingerprint density at radius 2 is 2.25 bits per heavy atom. The molecule has 0 aromatic carbocycles. The molecule has 0 fully saturated rings. The maximum atomic E-state index is 11.3. The van der Waals surface area contributed by atoms with Crippen LogP contribution in [0.1, 0.15) is 11.3 Å². The molecule has 0 amide bonds. The highest BCUT2D eigenvalue weighted by Gasteiger charge is 2.07. The van der Waals surface area contributed by atoms with E-state index in [1.165, 1.54) is 11.0 Å². The molecule has 0 saturated heterocycles. The SMILES string of the molecule is Cc1nn2nc[nH]c(=O)c2c1C. The minimum atomic E-state index is -0.150. The van der Waals surface area contributed by atoms with Crippen LogP contribution in [0.3, 0.4) is 0 Å². The Morgan fingerprint density at radius 3 is 2.92 bits per heavy atom. The van der Waals surface area contributed by atoms with Crippen molar-refractivity contribution in [1.82, 2.24) is 19.8 Å². The fourth-order valence-electron chi connectivity index (χ4n) is 1.14. The van der Waals surface area contributed by atoms with Crippen LogP contribution in [0, 0.1) is 13.8 Å². The molecular formula is C7H8N4O. The first-order valence-corrected chi connectivity index (χ1v) is 3.60. The largest absolute Gasteiger partial charge is 0.310 e. The van der Waals surface area contributed by atoms with Gasteiger partial charge in [-0.2, -0.15) is 5.10 Å². The molecular weight excluding hydrogens is 156 g/mol. The molecule has 12 heavy (non-hydrogen) atoms.